The first-order valence-corrected chi connectivity index (χ1v) is 12.9. The Kier molecular flexibility index (Phi) is 8.41. The second-order valence-electron chi connectivity index (χ2n) is 9.85. The molecule has 2 N–H and O–H groups in total. The number of benzene rings is 2. The van der Waals surface area contributed by atoms with Crippen molar-refractivity contribution in [2.45, 2.75) is 52.1 Å². The number of anilines is 2. The number of amides is 2. The van der Waals surface area contributed by atoms with Gasteiger partial charge >= 0.3 is 0 Å². The average Bonchev–Trinajstić information content (AvgIpc) is 3.45. The highest BCUT2D eigenvalue weighted by Gasteiger charge is 2.33. The van der Waals surface area contributed by atoms with E-state index in [0.29, 0.717) is 0 Å². The molecule has 38 heavy (non-hydrogen) atoms. The topological polar surface area (TPSA) is 103 Å². The fourth-order valence-corrected chi connectivity index (χ4v) is 5.30. The lowest BCUT2D eigenvalue weighted by molar-refractivity contribution is -0.123. The molecule has 198 valence electrons. The maximum atomic E-state index is 12.7. The van der Waals surface area contributed by atoms with Gasteiger partial charge in [0, 0.05) is 43.5 Å². The zero-order valence-corrected chi connectivity index (χ0v) is 22.1. The lowest BCUT2D eigenvalue weighted by Gasteiger charge is -2.39. The van der Waals surface area contributed by atoms with Gasteiger partial charge in [0.2, 0.25) is 5.91 Å². The second-order valence-corrected chi connectivity index (χ2v) is 9.85. The van der Waals surface area contributed by atoms with E-state index in [9.17, 15) is 9.59 Å². The lowest BCUT2D eigenvalue weighted by Crippen LogP contribution is -2.43. The van der Waals surface area contributed by atoms with Crippen molar-refractivity contribution < 1.29 is 19.5 Å². The number of aryl methyl sites for hydroxylation is 1. The molecule has 5 rings (SSSR count). The third kappa shape index (κ3) is 5.85. The standard InChI is InChI=1S/C29H32N4O2.CH2O2/c1-19-6-13-28(30-18-19)31-26-16-20(2)33(21(3)34)27-12-11-24(17-25(26)27)22-7-9-23(10-8-22)29(35)32-14-4-5-15-32;2-1-3/h6-13,17-18,20,26H,4-5,14-16H2,1-3H3,(H,30,31);1H,(H,2,3)/t20-,26+;/m0./s1. The molecule has 0 spiro atoms. The minimum absolute atomic E-state index is 0.0294. The first-order chi connectivity index (χ1) is 18.3. The van der Waals surface area contributed by atoms with Gasteiger partial charge in [-0.3, -0.25) is 14.4 Å². The molecule has 3 heterocycles. The van der Waals surface area contributed by atoms with Gasteiger partial charge in [0.25, 0.3) is 12.4 Å². The van der Waals surface area contributed by atoms with E-state index in [1.807, 2.05) is 65.4 Å². The van der Waals surface area contributed by atoms with Crippen LogP contribution in [0.15, 0.2) is 60.8 Å². The minimum Gasteiger partial charge on any atom is -0.483 e. The third-order valence-electron chi connectivity index (χ3n) is 7.11. The molecular weight excluding hydrogens is 480 g/mol. The number of carbonyl (C=O) groups is 3. The highest BCUT2D eigenvalue weighted by molar-refractivity contribution is 5.95. The van der Waals surface area contributed by atoms with Gasteiger partial charge in [-0.25, -0.2) is 4.98 Å². The number of nitrogens with one attached hydrogen (secondary N) is 1. The fourth-order valence-electron chi connectivity index (χ4n) is 5.30. The van der Waals surface area contributed by atoms with Crippen LogP contribution in [-0.4, -0.2) is 52.4 Å². The molecule has 2 aromatic carbocycles. The predicted octanol–water partition coefficient (Wildman–Crippen LogP) is 5.29. The van der Waals surface area contributed by atoms with Crippen LogP contribution in [0.3, 0.4) is 0 Å². The van der Waals surface area contributed by atoms with E-state index in [-0.39, 0.29) is 30.4 Å². The lowest BCUT2D eigenvalue weighted by atomic mass is 9.89. The van der Waals surface area contributed by atoms with E-state index in [4.69, 9.17) is 9.90 Å². The summed E-state index contributed by atoms with van der Waals surface area (Å²) in [4.78, 5) is 41.9. The summed E-state index contributed by atoms with van der Waals surface area (Å²) in [6, 6.07) is 18.3. The largest absolute Gasteiger partial charge is 0.483 e. The van der Waals surface area contributed by atoms with Gasteiger partial charge in [-0.2, -0.15) is 0 Å². The monoisotopic (exact) mass is 514 g/mol. The molecule has 2 amide bonds. The maximum absolute atomic E-state index is 12.7. The molecule has 0 bridgehead atoms. The number of aromatic nitrogens is 1. The summed E-state index contributed by atoms with van der Waals surface area (Å²) < 4.78 is 0. The molecule has 0 aliphatic carbocycles. The van der Waals surface area contributed by atoms with Crippen molar-refractivity contribution in [1.29, 1.82) is 0 Å². The van der Waals surface area contributed by atoms with Crippen molar-refractivity contribution in [3.63, 3.8) is 0 Å². The van der Waals surface area contributed by atoms with Gasteiger partial charge in [0.05, 0.1) is 6.04 Å². The summed E-state index contributed by atoms with van der Waals surface area (Å²) in [5.74, 6) is 0.980. The maximum Gasteiger partial charge on any atom is 0.290 e. The van der Waals surface area contributed by atoms with Crippen LogP contribution in [0.5, 0.6) is 0 Å². The second kappa shape index (κ2) is 11.9. The molecule has 0 radical (unpaired) electrons. The summed E-state index contributed by atoms with van der Waals surface area (Å²) in [5, 5.41) is 10.5. The van der Waals surface area contributed by atoms with Crippen LogP contribution in [0.1, 0.15) is 60.6 Å². The van der Waals surface area contributed by atoms with Crippen LogP contribution >= 0.6 is 0 Å². The summed E-state index contributed by atoms with van der Waals surface area (Å²) in [6.07, 6.45) is 4.82. The number of hydrogen-bond donors (Lipinski definition) is 2. The normalized spacial score (nSPS) is 18.2. The van der Waals surface area contributed by atoms with Crippen molar-refractivity contribution in [2.75, 3.05) is 23.3 Å². The van der Waals surface area contributed by atoms with Crippen LogP contribution in [0.25, 0.3) is 11.1 Å². The quantitative estimate of drug-likeness (QED) is 0.459. The van der Waals surface area contributed by atoms with Crippen LogP contribution < -0.4 is 10.2 Å². The molecule has 2 aliphatic heterocycles. The zero-order chi connectivity index (χ0) is 27.2. The third-order valence-corrected chi connectivity index (χ3v) is 7.11. The van der Waals surface area contributed by atoms with Gasteiger partial charge < -0.3 is 20.2 Å². The molecule has 8 nitrogen and oxygen atoms in total. The van der Waals surface area contributed by atoms with Crippen LogP contribution in [-0.2, 0) is 9.59 Å². The summed E-state index contributed by atoms with van der Waals surface area (Å²) in [6.45, 7) is 7.18. The molecule has 1 saturated heterocycles. The molecule has 8 heteroatoms. The van der Waals surface area contributed by atoms with Gasteiger partial charge in [0.1, 0.15) is 5.82 Å². The molecule has 0 unspecified atom stereocenters. The Bertz CT molecular complexity index is 1280. The van der Waals surface area contributed by atoms with Gasteiger partial charge in [-0.15, -0.1) is 0 Å². The van der Waals surface area contributed by atoms with Crippen molar-refractivity contribution in [1.82, 2.24) is 9.88 Å². The van der Waals surface area contributed by atoms with Crippen molar-refractivity contribution in [3.8, 4) is 11.1 Å². The van der Waals surface area contributed by atoms with Gasteiger partial charge in [-0.1, -0.05) is 24.3 Å². The zero-order valence-electron chi connectivity index (χ0n) is 22.1. The minimum atomic E-state index is -0.250. The SMILES string of the molecule is CC(=O)N1c2ccc(-c3ccc(C(=O)N4CCCC4)cc3)cc2[C@H](Nc2ccc(C)cn2)C[C@@H]1C.O=CO. The highest BCUT2D eigenvalue weighted by atomic mass is 16.3. The molecule has 0 saturated carbocycles. The number of fused-ring (bicyclic) bond motifs is 1. The Morgan fingerprint density at radius 3 is 2.29 bits per heavy atom. The Labute approximate surface area is 223 Å². The highest BCUT2D eigenvalue weighted by Crippen LogP contribution is 2.41. The van der Waals surface area contributed by atoms with Crippen molar-refractivity contribution in [3.05, 3.63) is 77.5 Å². The number of rotatable bonds is 4. The van der Waals surface area contributed by atoms with Crippen LogP contribution in [0.4, 0.5) is 11.5 Å². The van der Waals surface area contributed by atoms with Crippen molar-refractivity contribution >= 4 is 29.8 Å². The Morgan fingerprint density at radius 1 is 1.03 bits per heavy atom. The van der Waals surface area contributed by atoms with E-state index < -0.39 is 0 Å². The molecule has 2 atom stereocenters. The van der Waals surface area contributed by atoms with Crippen LogP contribution in [0, 0.1) is 6.92 Å². The first kappa shape index (κ1) is 26.9. The molecular formula is C30H34N4O4. The smallest absolute Gasteiger partial charge is 0.290 e. The molecule has 2 aliphatic rings. The number of pyridine rings is 1. The summed E-state index contributed by atoms with van der Waals surface area (Å²) in [5.41, 5.74) is 5.97. The number of hydrogen-bond acceptors (Lipinski definition) is 5. The molecule has 3 aromatic rings. The average molecular weight is 515 g/mol. The van der Waals surface area contributed by atoms with E-state index in [2.05, 4.69) is 29.4 Å². The van der Waals surface area contributed by atoms with E-state index in [1.54, 1.807) is 6.92 Å². The summed E-state index contributed by atoms with van der Waals surface area (Å²) >= 11 is 0. The number of likely N-dealkylation sites (tertiary alicyclic amines) is 1. The predicted molar refractivity (Wildman–Crippen MR) is 148 cm³/mol. The summed E-state index contributed by atoms with van der Waals surface area (Å²) in [7, 11) is 0. The Hall–Kier alpha value is -4.20. The van der Waals surface area contributed by atoms with E-state index in [0.717, 1.165) is 71.7 Å². The van der Waals surface area contributed by atoms with Gasteiger partial charge in [-0.05, 0) is 85.7 Å². The number of nitrogens with zero attached hydrogens (tertiary/aromatic N) is 3. The Balaban J connectivity index is 0.00000107. The van der Waals surface area contributed by atoms with Crippen LogP contribution in [0.2, 0.25) is 0 Å². The van der Waals surface area contributed by atoms with Crippen molar-refractivity contribution in [2.24, 2.45) is 0 Å². The van der Waals surface area contributed by atoms with Gasteiger partial charge in [0.15, 0.2) is 0 Å². The first-order valence-electron chi connectivity index (χ1n) is 12.9. The Morgan fingerprint density at radius 2 is 1.68 bits per heavy atom. The number of carboxylic acid groups (broad SMARTS) is 1. The number of carbonyl (C=O) groups excluding carboxylic acids is 2. The fraction of sp³-hybridized carbons (Fsp3) is 0.333. The molecule has 1 aromatic heterocycles. The van der Waals surface area contributed by atoms with E-state index >= 15 is 0 Å². The molecule has 1 fully saturated rings. The van der Waals surface area contributed by atoms with E-state index in [1.165, 1.54) is 0 Å².